The Kier molecular flexibility index (Phi) is 4.13. The topological polar surface area (TPSA) is 55.5 Å². The van der Waals surface area contributed by atoms with E-state index >= 15 is 0 Å². The Hall–Kier alpha value is -1.82. The number of rotatable bonds is 4. The molecule has 0 aliphatic rings. The van der Waals surface area contributed by atoms with Crippen LogP contribution in [0.1, 0.15) is 22.1 Å². The van der Waals surface area contributed by atoms with Crippen molar-refractivity contribution in [1.82, 2.24) is 9.47 Å². The van der Waals surface area contributed by atoms with Crippen molar-refractivity contribution in [2.45, 2.75) is 33.9 Å². The molecule has 2 heterocycles. The molecule has 2 aromatic rings. The van der Waals surface area contributed by atoms with Crippen LogP contribution in [0.15, 0.2) is 21.3 Å². The van der Waals surface area contributed by atoms with Crippen LogP contribution in [0.2, 0.25) is 0 Å². The highest BCUT2D eigenvalue weighted by atomic mass is 32.1. The molecule has 0 aromatic carbocycles. The third kappa shape index (κ3) is 3.01. The van der Waals surface area contributed by atoms with Crippen LogP contribution in [-0.2, 0) is 17.9 Å². The van der Waals surface area contributed by atoms with Crippen molar-refractivity contribution in [3.63, 3.8) is 0 Å². The van der Waals surface area contributed by atoms with Crippen molar-refractivity contribution >= 4 is 17.2 Å². The highest BCUT2D eigenvalue weighted by Crippen LogP contribution is 2.11. The Morgan fingerprint density at radius 1 is 1.35 bits per heavy atom. The third-order valence-electron chi connectivity index (χ3n) is 3.28. The number of furan rings is 1. The van der Waals surface area contributed by atoms with Gasteiger partial charge in [0.15, 0.2) is 0 Å². The van der Waals surface area contributed by atoms with Gasteiger partial charge in [-0.3, -0.25) is 14.2 Å². The van der Waals surface area contributed by atoms with Gasteiger partial charge in [0.2, 0.25) is 5.91 Å². The van der Waals surface area contributed by atoms with Crippen LogP contribution < -0.4 is 4.87 Å². The first-order chi connectivity index (χ1) is 9.38. The van der Waals surface area contributed by atoms with Crippen LogP contribution in [0.4, 0.5) is 0 Å². The van der Waals surface area contributed by atoms with Crippen LogP contribution in [0.3, 0.4) is 0 Å². The fourth-order valence-corrected chi connectivity index (χ4v) is 2.75. The standard InChI is InChI=1S/C14H18N2O3S/c1-9-5-6-12(19-9)7-15(4)13(17)8-16-10(2)11(3)20-14(16)18/h5-6H,7-8H2,1-4H3. The fraction of sp³-hybridized carbons (Fsp3) is 0.429. The molecule has 2 rings (SSSR count). The van der Waals surface area contributed by atoms with Crippen molar-refractivity contribution < 1.29 is 9.21 Å². The predicted octanol–water partition coefficient (Wildman–Crippen LogP) is 2.09. The van der Waals surface area contributed by atoms with E-state index in [0.29, 0.717) is 6.54 Å². The largest absolute Gasteiger partial charge is 0.464 e. The average molecular weight is 294 g/mol. The number of aromatic nitrogens is 1. The maximum Gasteiger partial charge on any atom is 0.308 e. The van der Waals surface area contributed by atoms with E-state index in [-0.39, 0.29) is 17.3 Å². The molecule has 0 radical (unpaired) electrons. The van der Waals surface area contributed by atoms with E-state index in [1.54, 1.807) is 11.9 Å². The summed E-state index contributed by atoms with van der Waals surface area (Å²) in [6.45, 7) is 6.09. The van der Waals surface area contributed by atoms with Crippen molar-refractivity contribution in [3.8, 4) is 0 Å². The molecular weight excluding hydrogens is 276 g/mol. The number of carbonyl (C=O) groups is 1. The molecule has 0 N–H and O–H groups in total. The summed E-state index contributed by atoms with van der Waals surface area (Å²) in [6.07, 6.45) is 0. The number of thiazole rings is 1. The number of hydrogen-bond acceptors (Lipinski definition) is 4. The smallest absolute Gasteiger partial charge is 0.308 e. The van der Waals surface area contributed by atoms with E-state index in [1.807, 2.05) is 32.9 Å². The van der Waals surface area contributed by atoms with E-state index < -0.39 is 0 Å². The summed E-state index contributed by atoms with van der Waals surface area (Å²) in [5, 5.41) is 0. The fourth-order valence-electron chi connectivity index (χ4n) is 1.92. The number of likely N-dealkylation sites (N-methyl/N-ethyl adjacent to an activating group) is 1. The normalized spacial score (nSPS) is 10.8. The first-order valence-corrected chi connectivity index (χ1v) is 7.16. The zero-order chi connectivity index (χ0) is 14.9. The molecule has 2 aromatic heterocycles. The molecule has 108 valence electrons. The summed E-state index contributed by atoms with van der Waals surface area (Å²) >= 11 is 1.18. The summed E-state index contributed by atoms with van der Waals surface area (Å²) in [7, 11) is 1.71. The molecule has 0 unspecified atom stereocenters. The highest BCUT2D eigenvalue weighted by Gasteiger charge is 2.15. The highest BCUT2D eigenvalue weighted by molar-refractivity contribution is 7.09. The van der Waals surface area contributed by atoms with E-state index in [0.717, 1.165) is 22.1 Å². The maximum absolute atomic E-state index is 12.2. The molecule has 0 spiro atoms. The lowest BCUT2D eigenvalue weighted by molar-refractivity contribution is -0.131. The summed E-state index contributed by atoms with van der Waals surface area (Å²) in [5.74, 6) is 1.45. The van der Waals surface area contributed by atoms with Crippen LogP contribution in [0, 0.1) is 20.8 Å². The van der Waals surface area contributed by atoms with Gasteiger partial charge in [0.1, 0.15) is 18.1 Å². The molecule has 0 saturated heterocycles. The molecule has 6 heteroatoms. The van der Waals surface area contributed by atoms with Gasteiger partial charge in [-0.05, 0) is 32.9 Å². The second kappa shape index (κ2) is 5.66. The minimum Gasteiger partial charge on any atom is -0.464 e. The molecule has 0 bridgehead atoms. The Balaban J connectivity index is 2.06. The zero-order valence-corrected chi connectivity index (χ0v) is 12.9. The number of hydrogen-bond donors (Lipinski definition) is 0. The summed E-state index contributed by atoms with van der Waals surface area (Å²) in [5.41, 5.74) is 0.857. The lowest BCUT2D eigenvalue weighted by Crippen LogP contribution is -2.32. The van der Waals surface area contributed by atoms with Crippen LogP contribution in [0.25, 0.3) is 0 Å². The molecule has 0 atom stereocenters. The first-order valence-electron chi connectivity index (χ1n) is 6.34. The average Bonchev–Trinajstić information content (AvgIpc) is 2.88. The van der Waals surface area contributed by atoms with Gasteiger partial charge in [0.05, 0.1) is 6.54 Å². The van der Waals surface area contributed by atoms with Crippen molar-refractivity contribution in [1.29, 1.82) is 0 Å². The van der Waals surface area contributed by atoms with Crippen molar-refractivity contribution in [2.24, 2.45) is 0 Å². The zero-order valence-electron chi connectivity index (χ0n) is 12.1. The van der Waals surface area contributed by atoms with Crippen molar-refractivity contribution in [3.05, 3.63) is 43.9 Å². The van der Waals surface area contributed by atoms with Gasteiger partial charge >= 0.3 is 4.87 Å². The van der Waals surface area contributed by atoms with Crippen LogP contribution in [0.5, 0.6) is 0 Å². The molecule has 0 aliphatic heterocycles. The molecule has 0 fully saturated rings. The van der Waals surface area contributed by atoms with Gasteiger partial charge < -0.3 is 9.32 Å². The molecule has 5 nitrogen and oxygen atoms in total. The number of aryl methyl sites for hydroxylation is 2. The quantitative estimate of drug-likeness (QED) is 0.867. The van der Waals surface area contributed by atoms with E-state index in [4.69, 9.17) is 4.42 Å². The molecule has 20 heavy (non-hydrogen) atoms. The molecule has 0 aliphatic carbocycles. The van der Waals surface area contributed by atoms with Gasteiger partial charge in [-0.2, -0.15) is 0 Å². The van der Waals surface area contributed by atoms with E-state index in [2.05, 4.69) is 0 Å². The summed E-state index contributed by atoms with van der Waals surface area (Å²) in [4.78, 5) is 26.4. The molecule has 1 amide bonds. The van der Waals surface area contributed by atoms with Crippen LogP contribution in [-0.4, -0.2) is 22.4 Å². The van der Waals surface area contributed by atoms with E-state index in [9.17, 15) is 9.59 Å². The summed E-state index contributed by atoms with van der Waals surface area (Å²) < 4.78 is 6.97. The van der Waals surface area contributed by atoms with Gasteiger partial charge in [-0.1, -0.05) is 11.3 Å². The monoisotopic (exact) mass is 294 g/mol. The van der Waals surface area contributed by atoms with Gasteiger partial charge in [0, 0.05) is 17.6 Å². The van der Waals surface area contributed by atoms with Gasteiger partial charge in [-0.25, -0.2) is 0 Å². The first kappa shape index (κ1) is 14.6. The molecular formula is C14H18N2O3S. The third-order valence-corrected chi connectivity index (χ3v) is 4.28. The lowest BCUT2D eigenvalue weighted by Gasteiger charge is -2.16. The van der Waals surface area contributed by atoms with Gasteiger partial charge in [-0.15, -0.1) is 0 Å². The Labute approximate surface area is 121 Å². The van der Waals surface area contributed by atoms with Gasteiger partial charge in [0.25, 0.3) is 0 Å². The second-order valence-corrected chi connectivity index (χ2v) is 6.02. The van der Waals surface area contributed by atoms with Crippen LogP contribution >= 0.6 is 11.3 Å². The maximum atomic E-state index is 12.2. The minimum absolute atomic E-state index is 0.0746. The predicted molar refractivity (Wildman–Crippen MR) is 78.0 cm³/mol. The summed E-state index contributed by atoms with van der Waals surface area (Å²) in [6, 6.07) is 3.72. The van der Waals surface area contributed by atoms with Crippen molar-refractivity contribution in [2.75, 3.05) is 7.05 Å². The second-order valence-electron chi connectivity index (χ2n) is 4.86. The lowest BCUT2D eigenvalue weighted by atomic mass is 10.3. The minimum atomic E-state index is -0.109. The SMILES string of the molecule is Cc1ccc(CN(C)C(=O)Cn2c(C)c(C)sc2=O)o1. The Bertz CT molecular complexity index is 681. The number of amides is 1. The Morgan fingerprint density at radius 2 is 2.05 bits per heavy atom. The molecule has 0 saturated carbocycles. The van der Waals surface area contributed by atoms with E-state index in [1.165, 1.54) is 15.9 Å². The number of nitrogens with zero attached hydrogens (tertiary/aromatic N) is 2. The number of carbonyl (C=O) groups excluding carboxylic acids is 1. The Morgan fingerprint density at radius 3 is 2.55 bits per heavy atom.